The second kappa shape index (κ2) is 6.37. The molecule has 3 fully saturated rings. The summed E-state index contributed by atoms with van der Waals surface area (Å²) in [7, 11) is 0. The first-order valence-corrected chi connectivity index (χ1v) is 8.82. The highest BCUT2D eigenvalue weighted by Gasteiger charge is 2.41. The Morgan fingerprint density at radius 2 is 1.71 bits per heavy atom. The summed E-state index contributed by atoms with van der Waals surface area (Å²) in [5, 5.41) is 0. The van der Waals surface area contributed by atoms with Gasteiger partial charge >= 0.3 is 0 Å². The van der Waals surface area contributed by atoms with Crippen molar-refractivity contribution in [1.82, 2.24) is 9.80 Å². The zero-order valence-electron chi connectivity index (χ0n) is 13.2. The van der Waals surface area contributed by atoms with E-state index in [-0.39, 0.29) is 17.9 Å². The van der Waals surface area contributed by atoms with Crippen LogP contribution in [-0.2, 0) is 9.59 Å². The van der Waals surface area contributed by atoms with Gasteiger partial charge in [-0.3, -0.25) is 9.59 Å². The van der Waals surface area contributed by atoms with Gasteiger partial charge in [0.2, 0.25) is 11.8 Å². The summed E-state index contributed by atoms with van der Waals surface area (Å²) < 4.78 is 0. The van der Waals surface area contributed by atoms with Crippen molar-refractivity contribution in [2.45, 2.75) is 76.8 Å². The predicted molar refractivity (Wildman–Crippen MR) is 81.7 cm³/mol. The first-order valence-electron chi connectivity index (χ1n) is 8.82. The molecule has 0 aromatic heterocycles. The summed E-state index contributed by atoms with van der Waals surface area (Å²) in [6.07, 6.45) is 9.57. The van der Waals surface area contributed by atoms with Crippen LogP contribution in [0.3, 0.4) is 0 Å². The molecule has 1 aliphatic carbocycles. The topological polar surface area (TPSA) is 40.6 Å². The van der Waals surface area contributed by atoms with Crippen LogP contribution in [0.15, 0.2) is 0 Å². The fraction of sp³-hybridized carbons (Fsp3) is 0.882. The number of carbonyl (C=O) groups is 2. The van der Waals surface area contributed by atoms with E-state index in [1.165, 1.54) is 19.3 Å². The van der Waals surface area contributed by atoms with Crippen LogP contribution in [0.1, 0.15) is 64.7 Å². The molecule has 3 aliphatic rings. The molecule has 3 atom stereocenters. The zero-order valence-corrected chi connectivity index (χ0v) is 13.2. The summed E-state index contributed by atoms with van der Waals surface area (Å²) in [5.74, 6) is 1.07. The van der Waals surface area contributed by atoms with Gasteiger partial charge in [-0.05, 0) is 38.0 Å². The minimum absolute atomic E-state index is 0.159. The van der Waals surface area contributed by atoms with Crippen molar-refractivity contribution in [2.75, 3.05) is 13.1 Å². The van der Waals surface area contributed by atoms with Gasteiger partial charge in [0, 0.05) is 25.6 Å². The van der Waals surface area contributed by atoms with Crippen molar-refractivity contribution in [1.29, 1.82) is 0 Å². The van der Waals surface area contributed by atoms with Crippen molar-refractivity contribution < 1.29 is 9.59 Å². The molecule has 2 heterocycles. The van der Waals surface area contributed by atoms with Gasteiger partial charge in [-0.25, -0.2) is 0 Å². The molecule has 0 radical (unpaired) electrons. The van der Waals surface area contributed by atoms with Crippen LogP contribution in [0.4, 0.5) is 0 Å². The number of fused-ring (bicyclic) bond motifs is 1. The number of carbonyl (C=O) groups excluding carboxylic acids is 2. The fourth-order valence-corrected chi connectivity index (χ4v) is 4.55. The quantitative estimate of drug-likeness (QED) is 0.785. The Morgan fingerprint density at radius 1 is 0.952 bits per heavy atom. The van der Waals surface area contributed by atoms with Crippen LogP contribution in [-0.4, -0.2) is 46.8 Å². The first-order chi connectivity index (χ1) is 10.2. The molecule has 4 heteroatoms. The molecule has 118 valence electrons. The van der Waals surface area contributed by atoms with Crippen LogP contribution < -0.4 is 0 Å². The number of hydrogen-bond acceptors (Lipinski definition) is 2. The first kappa shape index (κ1) is 14.9. The predicted octanol–water partition coefficient (Wildman–Crippen LogP) is 2.57. The fourth-order valence-electron chi connectivity index (χ4n) is 4.55. The zero-order chi connectivity index (χ0) is 14.8. The number of hydrogen-bond donors (Lipinski definition) is 0. The molecule has 2 aliphatic heterocycles. The van der Waals surface area contributed by atoms with Crippen LogP contribution >= 0.6 is 0 Å². The van der Waals surface area contributed by atoms with Gasteiger partial charge in [-0.15, -0.1) is 0 Å². The largest absolute Gasteiger partial charge is 0.337 e. The molecule has 21 heavy (non-hydrogen) atoms. The average Bonchev–Trinajstić information content (AvgIpc) is 2.66. The number of nitrogens with zero attached hydrogens (tertiary/aromatic N) is 2. The van der Waals surface area contributed by atoms with Gasteiger partial charge in [0.15, 0.2) is 0 Å². The number of piperidine rings is 1. The van der Waals surface area contributed by atoms with Crippen molar-refractivity contribution in [3.63, 3.8) is 0 Å². The van der Waals surface area contributed by atoms with Crippen LogP contribution in [0.5, 0.6) is 0 Å². The summed E-state index contributed by atoms with van der Waals surface area (Å²) in [4.78, 5) is 29.3. The summed E-state index contributed by atoms with van der Waals surface area (Å²) in [6, 6.07) is 0.221. The molecule has 4 nitrogen and oxygen atoms in total. The highest BCUT2D eigenvalue weighted by atomic mass is 16.2. The smallest absolute Gasteiger partial charge is 0.245 e. The van der Waals surface area contributed by atoms with Gasteiger partial charge in [0.1, 0.15) is 6.04 Å². The molecule has 0 bridgehead atoms. The lowest BCUT2D eigenvalue weighted by atomic mass is 9.81. The van der Waals surface area contributed by atoms with Gasteiger partial charge in [0.05, 0.1) is 0 Å². The van der Waals surface area contributed by atoms with E-state index in [4.69, 9.17) is 0 Å². The van der Waals surface area contributed by atoms with E-state index < -0.39 is 0 Å². The van der Waals surface area contributed by atoms with Crippen LogP contribution in [0.25, 0.3) is 0 Å². The van der Waals surface area contributed by atoms with E-state index in [1.807, 2.05) is 4.90 Å². The van der Waals surface area contributed by atoms with Gasteiger partial charge in [-0.2, -0.15) is 0 Å². The molecular weight excluding hydrogens is 264 g/mol. The van der Waals surface area contributed by atoms with E-state index in [9.17, 15) is 9.59 Å². The molecule has 2 amide bonds. The summed E-state index contributed by atoms with van der Waals surface area (Å²) in [6.45, 7) is 3.67. The van der Waals surface area contributed by atoms with E-state index in [1.54, 1.807) is 0 Å². The standard InChI is InChI=1S/C17H28N2O2/c1-2-13-7-3-4-8-14(13)19-12-10-16(20)18-11-6-5-9-15(18)17(19)21/h13-15H,2-12H2,1H3. The third kappa shape index (κ3) is 2.82. The Morgan fingerprint density at radius 3 is 2.52 bits per heavy atom. The molecule has 0 aromatic carbocycles. The lowest BCUT2D eigenvalue weighted by Crippen LogP contribution is -2.53. The minimum Gasteiger partial charge on any atom is -0.337 e. The minimum atomic E-state index is -0.159. The average molecular weight is 292 g/mol. The van der Waals surface area contributed by atoms with E-state index in [0.29, 0.717) is 24.9 Å². The monoisotopic (exact) mass is 292 g/mol. The molecule has 0 spiro atoms. The molecule has 0 N–H and O–H groups in total. The van der Waals surface area contributed by atoms with Gasteiger partial charge < -0.3 is 9.80 Å². The van der Waals surface area contributed by atoms with Crippen molar-refractivity contribution in [3.05, 3.63) is 0 Å². The summed E-state index contributed by atoms with van der Waals surface area (Å²) >= 11 is 0. The Kier molecular flexibility index (Phi) is 4.51. The van der Waals surface area contributed by atoms with Crippen LogP contribution in [0, 0.1) is 5.92 Å². The van der Waals surface area contributed by atoms with Crippen molar-refractivity contribution in [2.24, 2.45) is 5.92 Å². The Bertz CT molecular complexity index is 410. The van der Waals surface area contributed by atoms with E-state index in [2.05, 4.69) is 11.8 Å². The highest BCUT2D eigenvalue weighted by Crippen LogP contribution is 2.33. The number of amides is 2. The molecule has 0 aromatic rings. The maximum absolute atomic E-state index is 13.0. The Balaban J connectivity index is 1.81. The second-order valence-electron chi connectivity index (χ2n) is 6.90. The maximum Gasteiger partial charge on any atom is 0.245 e. The van der Waals surface area contributed by atoms with Crippen molar-refractivity contribution >= 4 is 11.8 Å². The molecular formula is C17H28N2O2. The van der Waals surface area contributed by atoms with Crippen molar-refractivity contribution in [3.8, 4) is 0 Å². The number of rotatable bonds is 2. The summed E-state index contributed by atoms with van der Waals surface area (Å²) in [5.41, 5.74) is 0. The van der Waals surface area contributed by atoms with Gasteiger partial charge in [-0.1, -0.05) is 26.2 Å². The lowest BCUT2D eigenvalue weighted by molar-refractivity contribution is -0.145. The van der Waals surface area contributed by atoms with E-state index in [0.717, 1.165) is 38.6 Å². The third-order valence-electron chi connectivity index (χ3n) is 5.75. The second-order valence-corrected chi connectivity index (χ2v) is 6.90. The molecule has 1 saturated carbocycles. The van der Waals surface area contributed by atoms with E-state index >= 15 is 0 Å². The molecule has 3 rings (SSSR count). The van der Waals surface area contributed by atoms with Gasteiger partial charge in [0.25, 0.3) is 0 Å². The Labute approximate surface area is 127 Å². The highest BCUT2D eigenvalue weighted by molar-refractivity contribution is 5.90. The third-order valence-corrected chi connectivity index (χ3v) is 5.75. The SMILES string of the molecule is CCC1CCCCC1N1CCC(=O)N2CCCCC2C1=O. The maximum atomic E-state index is 13.0. The molecule has 3 unspecified atom stereocenters. The Hall–Kier alpha value is -1.06. The van der Waals surface area contributed by atoms with Crippen LogP contribution in [0.2, 0.25) is 0 Å². The molecule has 2 saturated heterocycles. The lowest BCUT2D eigenvalue weighted by Gasteiger charge is -2.41. The normalized spacial score (nSPS) is 34.6.